The first-order chi connectivity index (χ1) is 6.22. The number of hydrogen-bond acceptors (Lipinski definition) is 1. The summed E-state index contributed by atoms with van der Waals surface area (Å²) in [6.45, 7) is 0. The Bertz CT molecular complexity index is 331. The molecule has 0 aromatic heterocycles. The maximum Gasteiger partial charge on any atom is 0.328 e. The van der Waals surface area contributed by atoms with Crippen LogP contribution in [0.25, 0.3) is 6.08 Å². The van der Waals surface area contributed by atoms with Gasteiger partial charge in [-0.2, -0.15) is 0 Å². The van der Waals surface area contributed by atoms with Gasteiger partial charge in [0.1, 0.15) is 0 Å². The number of halogens is 1. The first-order valence-electron chi connectivity index (χ1n) is 3.78. The van der Waals surface area contributed by atoms with Gasteiger partial charge in [0.05, 0.1) is 0 Å². The summed E-state index contributed by atoms with van der Waals surface area (Å²) in [4.78, 5) is 10.2. The zero-order chi connectivity index (χ0) is 9.68. The minimum atomic E-state index is -0.948. The van der Waals surface area contributed by atoms with Crippen LogP contribution in [0.15, 0.2) is 30.3 Å². The maximum absolute atomic E-state index is 10.2. The van der Waals surface area contributed by atoms with Crippen LogP contribution in [0.3, 0.4) is 0 Å². The Kier molecular flexibility index (Phi) is 3.53. The summed E-state index contributed by atoms with van der Waals surface area (Å²) < 4.78 is 0. The van der Waals surface area contributed by atoms with Crippen LogP contribution >= 0.6 is 11.6 Å². The van der Waals surface area contributed by atoms with Crippen LogP contribution in [0.2, 0.25) is 0 Å². The van der Waals surface area contributed by atoms with Crippen molar-refractivity contribution >= 4 is 23.6 Å². The molecule has 0 saturated carbocycles. The Morgan fingerprint density at radius 3 is 2.92 bits per heavy atom. The molecular formula is C10H9ClO2. The third kappa shape index (κ3) is 3.30. The van der Waals surface area contributed by atoms with E-state index in [1.54, 1.807) is 6.08 Å². The molecule has 0 aliphatic rings. The predicted octanol–water partition coefficient (Wildman–Crippen LogP) is 2.52. The van der Waals surface area contributed by atoms with E-state index >= 15 is 0 Å². The van der Waals surface area contributed by atoms with E-state index in [2.05, 4.69) is 0 Å². The molecule has 1 N–H and O–H groups in total. The van der Waals surface area contributed by atoms with Gasteiger partial charge in [-0.05, 0) is 17.2 Å². The molecule has 0 spiro atoms. The fourth-order valence-electron chi connectivity index (χ4n) is 0.947. The van der Waals surface area contributed by atoms with E-state index in [1.165, 1.54) is 0 Å². The molecule has 3 heteroatoms. The number of aliphatic carboxylic acids is 1. The quantitative estimate of drug-likeness (QED) is 0.596. The van der Waals surface area contributed by atoms with Crippen molar-refractivity contribution in [1.82, 2.24) is 0 Å². The van der Waals surface area contributed by atoms with Crippen LogP contribution in [0.4, 0.5) is 0 Å². The molecule has 1 aromatic carbocycles. The Hall–Kier alpha value is -1.28. The zero-order valence-corrected chi connectivity index (χ0v) is 7.66. The molecule has 0 amide bonds. The highest BCUT2D eigenvalue weighted by atomic mass is 35.5. The third-order valence-corrected chi connectivity index (χ3v) is 1.83. The number of rotatable bonds is 3. The summed E-state index contributed by atoms with van der Waals surface area (Å²) in [7, 11) is 0. The van der Waals surface area contributed by atoms with Gasteiger partial charge in [0.2, 0.25) is 0 Å². The molecule has 0 atom stereocenters. The van der Waals surface area contributed by atoms with Crippen molar-refractivity contribution in [1.29, 1.82) is 0 Å². The highest BCUT2D eigenvalue weighted by Crippen LogP contribution is 2.08. The number of alkyl halides is 1. The van der Waals surface area contributed by atoms with Gasteiger partial charge in [-0.3, -0.25) is 0 Å². The molecule has 2 nitrogen and oxygen atoms in total. The van der Waals surface area contributed by atoms with E-state index in [-0.39, 0.29) is 0 Å². The summed E-state index contributed by atoms with van der Waals surface area (Å²) in [6.07, 6.45) is 2.64. The molecule has 68 valence electrons. The van der Waals surface area contributed by atoms with Crippen molar-refractivity contribution in [3.05, 3.63) is 41.5 Å². The highest BCUT2D eigenvalue weighted by Gasteiger charge is 1.92. The Morgan fingerprint density at radius 2 is 2.31 bits per heavy atom. The second-order valence-corrected chi connectivity index (χ2v) is 2.82. The van der Waals surface area contributed by atoms with E-state index in [4.69, 9.17) is 16.7 Å². The molecule has 0 unspecified atom stereocenters. The summed E-state index contributed by atoms with van der Waals surface area (Å²) >= 11 is 5.62. The Balaban J connectivity index is 2.83. The monoisotopic (exact) mass is 196 g/mol. The van der Waals surface area contributed by atoms with Gasteiger partial charge in [-0.25, -0.2) is 4.79 Å². The fourth-order valence-corrected chi connectivity index (χ4v) is 1.11. The summed E-state index contributed by atoms with van der Waals surface area (Å²) in [6, 6.07) is 7.42. The van der Waals surface area contributed by atoms with Gasteiger partial charge in [0.15, 0.2) is 0 Å². The third-order valence-electron chi connectivity index (χ3n) is 1.52. The standard InChI is InChI=1S/C10H9ClO2/c11-7-9-3-1-2-8(6-9)4-5-10(12)13/h1-6H,7H2,(H,12,13)/b5-4+. The molecule has 0 bridgehead atoms. The SMILES string of the molecule is O=C(O)/C=C/c1cccc(CCl)c1. The number of carbonyl (C=O) groups is 1. The van der Waals surface area contributed by atoms with E-state index < -0.39 is 5.97 Å². The maximum atomic E-state index is 10.2. The van der Waals surface area contributed by atoms with Crippen molar-refractivity contribution in [3.63, 3.8) is 0 Å². The van der Waals surface area contributed by atoms with Crippen LogP contribution in [0.5, 0.6) is 0 Å². The van der Waals surface area contributed by atoms with Gasteiger partial charge >= 0.3 is 5.97 Å². The van der Waals surface area contributed by atoms with Crippen molar-refractivity contribution in [2.45, 2.75) is 5.88 Å². The van der Waals surface area contributed by atoms with Gasteiger partial charge in [0.25, 0.3) is 0 Å². The summed E-state index contributed by atoms with van der Waals surface area (Å²) in [5.74, 6) is -0.509. The van der Waals surface area contributed by atoms with Crippen molar-refractivity contribution in [2.24, 2.45) is 0 Å². The van der Waals surface area contributed by atoms with Crippen LogP contribution in [-0.2, 0) is 10.7 Å². The lowest BCUT2D eigenvalue weighted by Crippen LogP contribution is -1.86. The second-order valence-electron chi connectivity index (χ2n) is 2.55. The van der Waals surface area contributed by atoms with Crippen LogP contribution < -0.4 is 0 Å². The molecule has 0 fully saturated rings. The molecule has 0 aliphatic heterocycles. The highest BCUT2D eigenvalue weighted by molar-refractivity contribution is 6.17. The van der Waals surface area contributed by atoms with E-state index in [9.17, 15) is 4.79 Å². The average Bonchev–Trinajstić information content (AvgIpc) is 2.15. The van der Waals surface area contributed by atoms with Gasteiger partial charge in [-0.15, -0.1) is 11.6 Å². The molecule has 0 saturated heterocycles. The molecular weight excluding hydrogens is 188 g/mol. The minimum Gasteiger partial charge on any atom is -0.478 e. The molecule has 0 aliphatic carbocycles. The van der Waals surface area contributed by atoms with Crippen LogP contribution in [0, 0.1) is 0 Å². The van der Waals surface area contributed by atoms with Crippen LogP contribution in [-0.4, -0.2) is 11.1 Å². The average molecular weight is 197 g/mol. The predicted molar refractivity (Wildman–Crippen MR) is 52.7 cm³/mol. The smallest absolute Gasteiger partial charge is 0.328 e. The lowest BCUT2D eigenvalue weighted by atomic mass is 10.1. The Labute approximate surface area is 81.5 Å². The molecule has 0 radical (unpaired) electrons. The van der Waals surface area contributed by atoms with Crippen molar-refractivity contribution in [3.8, 4) is 0 Å². The van der Waals surface area contributed by atoms with E-state index in [0.717, 1.165) is 17.2 Å². The minimum absolute atomic E-state index is 0.439. The number of hydrogen-bond donors (Lipinski definition) is 1. The number of benzene rings is 1. The van der Waals surface area contributed by atoms with E-state index in [1.807, 2.05) is 24.3 Å². The molecule has 1 aromatic rings. The molecule has 13 heavy (non-hydrogen) atoms. The number of carboxylic acids is 1. The van der Waals surface area contributed by atoms with Gasteiger partial charge in [0, 0.05) is 12.0 Å². The van der Waals surface area contributed by atoms with Crippen molar-refractivity contribution < 1.29 is 9.90 Å². The second kappa shape index (κ2) is 4.67. The first-order valence-corrected chi connectivity index (χ1v) is 4.32. The summed E-state index contributed by atoms with van der Waals surface area (Å²) in [5, 5.41) is 8.39. The number of carboxylic acid groups (broad SMARTS) is 1. The zero-order valence-electron chi connectivity index (χ0n) is 6.90. The van der Waals surface area contributed by atoms with E-state index in [0.29, 0.717) is 5.88 Å². The summed E-state index contributed by atoms with van der Waals surface area (Å²) in [5.41, 5.74) is 1.83. The topological polar surface area (TPSA) is 37.3 Å². The Morgan fingerprint density at radius 1 is 1.54 bits per heavy atom. The van der Waals surface area contributed by atoms with Crippen molar-refractivity contribution in [2.75, 3.05) is 0 Å². The lowest BCUT2D eigenvalue weighted by Gasteiger charge is -1.96. The first kappa shape index (κ1) is 9.81. The van der Waals surface area contributed by atoms with Gasteiger partial charge in [-0.1, -0.05) is 24.3 Å². The van der Waals surface area contributed by atoms with Gasteiger partial charge < -0.3 is 5.11 Å². The fraction of sp³-hybridized carbons (Fsp3) is 0.100. The lowest BCUT2D eigenvalue weighted by molar-refractivity contribution is -0.131. The van der Waals surface area contributed by atoms with Crippen LogP contribution in [0.1, 0.15) is 11.1 Å². The largest absolute Gasteiger partial charge is 0.478 e. The molecule has 1 rings (SSSR count). The molecule has 0 heterocycles. The normalized spacial score (nSPS) is 10.5.